The van der Waals surface area contributed by atoms with Crippen molar-refractivity contribution in [3.8, 4) is 17.1 Å². The van der Waals surface area contributed by atoms with E-state index in [9.17, 15) is 4.39 Å². The number of rotatable bonds is 4. The van der Waals surface area contributed by atoms with Crippen molar-refractivity contribution >= 4 is 5.95 Å². The number of hydrogen-bond acceptors (Lipinski definition) is 5. The van der Waals surface area contributed by atoms with Crippen LogP contribution in [0.5, 0.6) is 5.75 Å². The molecule has 6 heteroatoms. The summed E-state index contributed by atoms with van der Waals surface area (Å²) in [5.41, 5.74) is 6.99. The topological polar surface area (TPSA) is 73.9 Å². The van der Waals surface area contributed by atoms with Gasteiger partial charge in [-0.05, 0) is 23.8 Å². The van der Waals surface area contributed by atoms with Crippen molar-refractivity contribution in [3.63, 3.8) is 0 Å². The normalized spacial score (nSPS) is 10.4. The molecule has 22 heavy (non-hydrogen) atoms. The molecule has 0 saturated heterocycles. The molecule has 0 spiro atoms. The van der Waals surface area contributed by atoms with Gasteiger partial charge >= 0.3 is 0 Å². The van der Waals surface area contributed by atoms with Crippen LogP contribution >= 0.6 is 0 Å². The molecule has 0 atom stereocenters. The van der Waals surface area contributed by atoms with Gasteiger partial charge in [-0.1, -0.05) is 30.3 Å². The van der Waals surface area contributed by atoms with Crippen LogP contribution in [0.15, 0.2) is 54.9 Å². The quantitative estimate of drug-likeness (QED) is 0.801. The molecule has 3 aromatic rings. The largest absolute Gasteiger partial charge is 0.488 e. The van der Waals surface area contributed by atoms with Crippen molar-refractivity contribution in [2.45, 2.75) is 6.61 Å². The number of aromatic nitrogens is 3. The first-order valence-corrected chi connectivity index (χ1v) is 6.63. The second kappa shape index (κ2) is 6.17. The third kappa shape index (κ3) is 3.17. The number of ether oxygens (including phenoxy) is 1. The first kappa shape index (κ1) is 13.9. The van der Waals surface area contributed by atoms with E-state index in [2.05, 4.69) is 15.0 Å². The predicted molar refractivity (Wildman–Crippen MR) is 80.4 cm³/mol. The Labute approximate surface area is 126 Å². The molecule has 1 aromatic heterocycles. The van der Waals surface area contributed by atoms with Crippen molar-refractivity contribution in [1.82, 2.24) is 15.0 Å². The van der Waals surface area contributed by atoms with E-state index in [1.54, 1.807) is 6.07 Å². The van der Waals surface area contributed by atoms with Crippen LogP contribution < -0.4 is 10.5 Å². The zero-order chi connectivity index (χ0) is 15.4. The molecule has 5 nitrogen and oxygen atoms in total. The van der Waals surface area contributed by atoms with E-state index in [4.69, 9.17) is 10.5 Å². The van der Waals surface area contributed by atoms with Crippen LogP contribution in [0.25, 0.3) is 11.4 Å². The van der Waals surface area contributed by atoms with E-state index in [1.807, 2.05) is 30.3 Å². The zero-order valence-electron chi connectivity index (χ0n) is 11.6. The molecule has 0 fully saturated rings. The highest BCUT2D eigenvalue weighted by Gasteiger charge is 2.11. The van der Waals surface area contributed by atoms with E-state index in [0.29, 0.717) is 17.9 Å². The zero-order valence-corrected chi connectivity index (χ0v) is 11.6. The second-order valence-corrected chi connectivity index (χ2v) is 4.58. The summed E-state index contributed by atoms with van der Waals surface area (Å²) < 4.78 is 19.3. The van der Waals surface area contributed by atoms with Gasteiger partial charge < -0.3 is 10.5 Å². The number of benzene rings is 2. The molecule has 110 valence electrons. The molecule has 0 aliphatic carbocycles. The molecule has 0 radical (unpaired) electrons. The Balaban J connectivity index is 1.91. The third-order valence-electron chi connectivity index (χ3n) is 3.01. The van der Waals surface area contributed by atoms with E-state index in [-0.39, 0.29) is 11.8 Å². The molecule has 1 heterocycles. The Morgan fingerprint density at radius 1 is 1.05 bits per heavy atom. The Morgan fingerprint density at radius 3 is 2.64 bits per heavy atom. The molecule has 2 N–H and O–H groups in total. The van der Waals surface area contributed by atoms with Gasteiger partial charge in [0, 0.05) is 0 Å². The number of hydrogen-bond donors (Lipinski definition) is 1. The highest BCUT2D eigenvalue weighted by atomic mass is 19.1. The van der Waals surface area contributed by atoms with Crippen LogP contribution in [0.1, 0.15) is 5.56 Å². The molecule has 0 bridgehead atoms. The SMILES string of the molecule is Nc1ncnc(-c2cc(F)ccc2OCc2ccccc2)n1. The monoisotopic (exact) mass is 296 g/mol. The smallest absolute Gasteiger partial charge is 0.223 e. The summed E-state index contributed by atoms with van der Waals surface area (Å²) in [6.07, 6.45) is 1.28. The van der Waals surface area contributed by atoms with Crippen LogP contribution in [0.2, 0.25) is 0 Å². The van der Waals surface area contributed by atoms with Gasteiger partial charge in [0.05, 0.1) is 5.56 Å². The molecular weight excluding hydrogens is 283 g/mol. The number of nitrogens with zero attached hydrogens (tertiary/aromatic N) is 3. The fraction of sp³-hybridized carbons (Fsp3) is 0.0625. The van der Waals surface area contributed by atoms with Gasteiger partial charge in [0.2, 0.25) is 5.95 Å². The number of nitrogens with two attached hydrogens (primary N) is 1. The minimum atomic E-state index is -0.402. The van der Waals surface area contributed by atoms with Crippen LogP contribution in [-0.4, -0.2) is 15.0 Å². The maximum Gasteiger partial charge on any atom is 0.223 e. The summed E-state index contributed by atoms with van der Waals surface area (Å²) in [6.45, 7) is 0.361. The lowest BCUT2D eigenvalue weighted by Gasteiger charge is -2.11. The van der Waals surface area contributed by atoms with Gasteiger partial charge in [0.1, 0.15) is 24.5 Å². The predicted octanol–water partition coefficient (Wildman–Crippen LogP) is 2.84. The first-order chi connectivity index (χ1) is 10.7. The molecule has 0 aliphatic heterocycles. The lowest BCUT2D eigenvalue weighted by atomic mass is 10.1. The molecule has 0 unspecified atom stereocenters. The van der Waals surface area contributed by atoms with Gasteiger partial charge in [-0.2, -0.15) is 4.98 Å². The summed E-state index contributed by atoms with van der Waals surface area (Å²) in [7, 11) is 0. The average Bonchev–Trinajstić information content (AvgIpc) is 2.54. The van der Waals surface area contributed by atoms with Gasteiger partial charge in [-0.15, -0.1) is 0 Å². The maximum absolute atomic E-state index is 13.5. The van der Waals surface area contributed by atoms with E-state index in [1.165, 1.54) is 18.5 Å². The van der Waals surface area contributed by atoms with Crippen molar-refractivity contribution in [2.24, 2.45) is 0 Å². The van der Waals surface area contributed by atoms with Gasteiger partial charge in [-0.25, -0.2) is 14.4 Å². The molecule has 2 aromatic carbocycles. The first-order valence-electron chi connectivity index (χ1n) is 6.63. The summed E-state index contributed by atoms with van der Waals surface area (Å²) >= 11 is 0. The summed E-state index contributed by atoms with van der Waals surface area (Å²) in [5.74, 6) is 0.426. The third-order valence-corrected chi connectivity index (χ3v) is 3.01. The molecular formula is C16H13FN4O. The van der Waals surface area contributed by atoms with Gasteiger partial charge in [0.15, 0.2) is 5.82 Å². The summed E-state index contributed by atoms with van der Waals surface area (Å²) in [5, 5.41) is 0. The molecule has 0 amide bonds. The lowest BCUT2D eigenvalue weighted by molar-refractivity contribution is 0.307. The van der Waals surface area contributed by atoms with E-state index in [0.717, 1.165) is 5.56 Å². The molecule has 0 aliphatic rings. The minimum absolute atomic E-state index is 0.0725. The number of halogens is 1. The van der Waals surface area contributed by atoms with Crippen molar-refractivity contribution in [3.05, 3.63) is 66.2 Å². The van der Waals surface area contributed by atoms with Crippen molar-refractivity contribution in [1.29, 1.82) is 0 Å². The lowest BCUT2D eigenvalue weighted by Crippen LogP contribution is -2.01. The maximum atomic E-state index is 13.5. The number of anilines is 1. The second-order valence-electron chi connectivity index (χ2n) is 4.58. The summed E-state index contributed by atoms with van der Waals surface area (Å²) in [6, 6.07) is 13.9. The van der Waals surface area contributed by atoms with E-state index < -0.39 is 5.82 Å². The minimum Gasteiger partial charge on any atom is -0.488 e. The number of nitrogen functional groups attached to an aromatic ring is 1. The van der Waals surface area contributed by atoms with Crippen LogP contribution in [0, 0.1) is 5.82 Å². The highest BCUT2D eigenvalue weighted by molar-refractivity contribution is 5.64. The van der Waals surface area contributed by atoms with Crippen molar-refractivity contribution < 1.29 is 9.13 Å². The average molecular weight is 296 g/mol. The van der Waals surface area contributed by atoms with Gasteiger partial charge in [-0.3, -0.25) is 0 Å². The Bertz CT molecular complexity index is 780. The fourth-order valence-corrected chi connectivity index (χ4v) is 1.98. The van der Waals surface area contributed by atoms with Gasteiger partial charge in [0.25, 0.3) is 0 Å². The molecule has 0 saturated carbocycles. The van der Waals surface area contributed by atoms with E-state index >= 15 is 0 Å². The van der Waals surface area contributed by atoms with Crippen LogP contribution in [0.4, 0.5) is 10.3 Å². The Morgan fingerprint density at radius 2 is 1.86 bits per heavy atom. The van der Waals surface area contributed by atoms with Crippen molar-refractivity contribution in [2.75, 3.05) is 5.73 Å². The van der Waals surface area contributed by atoms with Crippen LogP contribution in [-0.2, 0) is 6.61 Å². The molecule has 3 rings (SSSR count). The summed E-state index contributed by atoms with van der Waals surface area (Å²) in [4.78, 5) is 11.8. The Hall–Kier alpha value is -3.02. The fourth-order valence-electron chi connectivity index (χ4n) is 1.98. The standard InChI is InChI=1S/C16H13FN4O/c17-12-6-7-14(22-9-11-4-2-1-3-5-11)13(8-12)15-19-10-20-16(18)21-15/h1-8,10H,9H2,(H2,18,19,20,21). The Kier molecular flexibility index (Phi) is 3.91. The van der Waals surface area contributed by atoms with Crippen LogP contribution in [0.3, 0.4) is 0 Å². The highest BCUT2D eigenvalue weighted by Crippen LogP contribution is 2.29.